The molecule has 12 heteroatoms. The van der Waals surface area contributed by atoms with Crippen LogP contribution < -0.4 is 21.1 Å². The van der Waals surface area contributed by atoms with E-state index in [4.69, 9.17) is 4.74 Å². The molecule has 1 saturated heterocycles. The Kier molecular flexibility index (Phi) is 6.57. The van der Waals surface area contributed by atoms with Gasteiger partial charge in [-0.05, 0) is 31.9 Å². The summed E-state index contributed by atoms with van der Waals surface area (Å²) in [5.41, 5.74) is -0.635. The van der Waals surface area contributed by atoms with Crippen molar-refractivity contribution in [3.8, 4) is 0 Å². The van der Waals surface area contributed by atoms with Gasteiger partial charge in [0.05, 0.1) is 24.0 Å². The molecule has 10 nitrogen and oxygen atoms in total. The first-order valence-corrected chi connectivity index (χ1v) is 10.9. The SMILES string of the molecule is CCOC(=O)C1CCN(c2nc3c(c(=O)[nH]2)C(C(=O)Nc2ccc(F)c(F)c2)CC(=O)N3)CC1. The molecule has 0 radical (unpaired) electrons. The van der Waals surface area contributed by atoms with Crippen LogP contribution in [0.4, 0.5) is 26.2 Å². The van der Waals surface area contributed by atoms with E-state index in [2.05, 4.69) is 20.6 Å². The van der Waals surface area contributed by atoms with E-state index in [1.54, 1.807) is 11.8 Å². The van der Waals surface area contributed by atoms with Gasteiger partial charge in [0.25, 0.3) is 5.56 Å². The summed E-state index contributed by atoms with van der Waals surface area (Å²) in [6.45, 7) is 2.94. The number of hydrogen-bond acceptors (Lipinski definition) is 7. The zero-order chi connectivity index (χ0) is 24.4. The van der Waals surface area contributed by atoms with Gasteiger partial charge in [-0.3, -0.25) is 24.2 Å². The van der Waals surface area contributed by atoms with Crippen LogP contribution in [-0.4, -0.2) is 47.4 Å². The molecule has 1 unspecified atom stereocenters. The Balaban J connectivity index is 1.54. The number of nitrogens with one attached hydrogen (secondary N) is 3. The molecule has 2 amide bonds. The van der Waals surface area contributed by atoms with Crippen molar-refractivity contribution in [2.24, 2.45) is 5.92 Å². The van der Waals surface area contributed by atoms with Crippen molar-refractivity contribution in [2.75, 3.05) is 35.2 Å². The van der Waals surface area contributed by atoms with Crippen LogP contribution in [0.15, 0.2) is 23.0 Å². The van der Waals surface area contributed by atoms with Gasteiger partial charge < -0.3 is 20.3 Å². The lowest BCUT2D eigenvalue weighted by atomic mass is 9.92. The number of aromatic amines is 1. The number of anilines is 3. The summed E-state index contributed by atoms with van der Waals surface area (Å²) in [6.07, 6.45) is 0.730. The molecule has 0 aliphatic carbocycles. The zero-order valence-electron chi connectivity index (χ0n) is 18.3. The van der Waals surface area contributed by atoms with E-state index >= 15 is 0 Å². The highest BCUT2D eigenvalue weighted by Crippen LogP contribution is 2.31. The molecule has 1 atom stereocenters. The second-order valence-electron chi connectivity index (χ2n) is 8.09. The van der Waals surface area contributed by atoms with Crippen LogP contribution in [0.3, 0.4) is 0 Å². The largest absolute Gasteiger partial charge is 0.466 e. The minimum atomic E-state index is -1.17. The Morgan fingerprint density at radius 1 is 1.21 bits per heavy atom. The maximum Gasteiger partial charge on any atom is 0.309 e. The molecule has 180 valence electrons. The van der Waals surface area contributed by atoms with E-state index < -0.39 is 34.9 Å². The molecule has 34 heavy (non-hydrogen) atoms. The van der Waals surface area contributed by atoms with Gasteiger partial charge in [0.2, 0.25) is 17.8 Å². The molecule has 1 aromatic carbocycles. The molecule has 2 aliphatic heterocycles. The third-order valence-corrected chi connectivity index (χ3v) is 5.86. The van der Waals surface area contributed by atoms with Gasteiger partial charge in [0, 0.05) is 31.3 Å². The van der Waals surface area contributed by atoms with Crippen LogP contribution in [0, 0.1) is 17.6 Å². The van der Waals surface area contributed by atoms with Crippen molar-refractivity contribution in [2.45, 2.75) is 32.1 Å². The van der Waals surface area contributed by atoms with Gasteiger partial charge in [0.1, 0.15) is 5.82 Å². The van der Waals surface area contributed by atoms with Crippen molar-refractivity contribution >= 4 is 35.2 Å². The van der Waals surface area contributed by atoms with Crippen molar-refractivity contribution in [3.63, 3.8) is 0 Å². The van der Waals surface area contributed by atoms with E-state index in [1.807, 2.05) is 0 Å². The number of halogens is 2. The topological polar surface area (TPSA) is 133 Å². The van der Waals surface area contributed by atoms with Crippen LogP contribution in [0.2, 0.25) is 0 Å². The molecule has 2 aromatic rings. The lowest BCUT2D eigenvalue weighted by Gasteiger charge is -2.32. The lowest BCUT2D eigenvalue weighted by molar-refractivity contribution is -0.148. The predicted molar refractivity (Wildman–Crippen MR) is 117 cm³/mol. The molecular weight excluding hydrogens is 452 g/mol. The quantitative estimate of drug-likeness (QED) is 0.563. The van der Waals surface area contributed by atoms with E-state index in [-0.39, 0.29) is 41.3 Å². The number of rotatable bonds is 5. The second kappa shape index (κ2) is 9.57. The second-order valence-corrected chi connectivity index (χ2v) is 8.09. The normalized spacial score (nSPS) is 18.1. The minimum absolute atomic E-state index is 0.0121. The summed E-state index contributed by atoms with van der Waals surface area (Å²) in [4.78, 5) is 58.7. The molecule has 0 bridgehead atoms. The van der Waals surface area contributed by atoms with Gasteiger partial charge in [0.15, 0.2) is 11.6 Å². The van der Waals surface area contributed by atoms with Crippen LogP contribution in [0.25, 0.3) is 0 Å². The number of nitrogens with zero attached hydrogens (tertiary/aromatic N) is 2. The third-order valence-electron chi connectivity index (χ3n) is 5.86. The highest BCUT2D eigenvalue weighted by molar-refractivity contribution is 6.04. The number of aromatic nitrogens is 2. The molecule has 0 saturated carbocycles. The Labute approximate surface area is 192 Å². The van der Waals surface area contributed by atoms with Crippen LogP contribution >= 0.6 is 0 Å². The third kappa shape index (κ3) is 4.75. The molecule has 0 spiro atoms. The van der Waals surface area contributed by atoms with Gasteiger partial charge in [-0.2, -0.15) is 4.98 Å². The lowest BCUT2D eigenvalue weighted by Crippen LogP contribution is -2.41. The van der Waals surface area contributed by atoms with Gasteiger partial charge >= 0.3 is 5.97 Å². The average molecular weight is 475 g/mol. The summed E-state index contributed by atoms with van der Waals surface area (Å²) in [5.74, 6) is -4.92. The van der Waals surface area contributed by atoms with Crippen LogP contribution in [0.5, 0.6) is 0 Å². The van der Waals surface area contributed by atoms with Gasteiger partial charge in [-0.25, -0.2) is 8.78 Å². The van der Waals surface area contributed by atoms with E-state index in [9.17, 15) is 28.0 Å². The molecule has 1 aromatic heterocycles. The molecule has 1 fully saturated rings. The average Bonchev–Trinajstić information content (AvgIpc) is 2.80. The monoisotopic (exact) mass is 475 g/mol. The zero-order valence-corrected chi connectivity index (χ0v) is 18.3. The highest BCUT2D eigenvalue weighted by Gasteiger charge is 2.36. The number of hydrogen-bond donors (Lipinski definition) is 3. The molecular formula is C22H23F2N5O5. The standard InChI is InChI=1S/C22H23F2N5O5/c1-2-34-21(33)11-5-7-29(8-6-11)22-27-18-17(20(32)28-22)13(10-16(30)26-18)19(31)25-12-3-4-14(23)15(24)9-12/h3-4,9,11,13H,2,5-8,10H2,1H3,(H,25,31)(H2,26,27,28,30,32). The number of ether oxygens (including phenoxy) is 1. The number of fused-ring (bicyclic) bond motifs is 1. The Morgan fingerprint density at radius 2 is 1.94 bits per heavy atom. The van der Waals surface area contributed by atoms with E-state index in [1.165, 1.54) is 6.07 Å². The molecule has 3 N–H and O–H groups in total. The summed E-state index contributed by atoms with van der Waals surface area (Å²) in [5, 5.41) is 4.94. The number of carbonyl (C=O) groups is 3. The smallest absolute Gasteiger partial charge is 0.309 e. The minimum Gasteiger partial charge on any atom is -0.466 e. The van der Waals surface area contributed by atoms with Crippen molar-refractivity contribution in [1.29, 1.82) is 0 Å². The summed E-state index contributed by atoms with van der Waals surface area (Å²) >= 11 is 0. The van der Waals surface area contributed by atoms with E-state index in [0.29, 0.717) is 32.5 Å². The number of esters is 1. The Hall–Kier alpha value is -3.83. The fraction of sp³-hybridized carbons (Fsp3) is 0.409. The molecule has 2 aliphatic rings. The molecule has 3 heterocycles. The highest BCUT2D eigenvalue weighted by atomic mass is 19.2. The summed E-state index contributed by atoms with van der Waals surface area (Å²) in [6, 6.07) is 2.84. The molecule has 4 rings (SSSR count). The van der Waals surface area contributed by atoms with Gasteiger partial charge in [-0.1, -0.05) is 0 Å². The maximum atomic E-state index is 13.5. The van der Waals surface area contributed by atoms with E-state index in [0.717, 1.165) is 12.1 Å². The van der Waals surface area contributed by atoms with Crippen molar-refractivity contribution < 1.29 is 27.9 Å². The number of piperidine rings is 1. The van der Waals surface area contributed by atoms with Crippen molar-refractivity contribution in [1.82, 2.24) is 9.97 Å². The first kappa shape index (κ1) is 23.3. The van der Waals surface area contributed by atoms with Crippen molar-refractivity contribution in [3.05, 3.63) is 45.8 Å². The first-order valence-electron chi connectivity index (χ1n) is 10.9. The van der Waals surface area contributed by atoms with Crippen LogP contribution in [-0.2, 0) is 19.1 Å². The summed E-state index contributed by atoms with van der Waals surface area (Å²) < 4.78 is 31.7. The van der Waals surface area contributed by atoms with Gasteiger partial charge in [-0.15, -0.1) is 0 Å². The fourth-order valence-electron chi connectivity index (χ4n) is 4.12. The number of benzene rings is 1. The predicted octanol–water partition coefficient (Wildman–Crippen LogP) is 1.89. The Bertz CT molecular complexity index is 1190. The number of H-pyrrole nitrogens is 1. The maximum absolute atomic E-state index is 13.5. The van der Waals surface area contributed by atoms with Crippen LogP contribution in [0.1, 0.15) is 37.7 Å². The first-order chi connectivity index (χ1) is 16.3. The summed E-state index contributed by atoms with van der Waals surface area (Å²) in [7, 11) is 0. The number of amides is 2. The fourth-order valence-corrected chi connectivity index (χ4v) is 4.12. The number of carbonyl (C=O) groups excluding carboxylic acids is 3. The Morgan fingerprint density at radius 3 is 2.62 bits per heavy atom.